The largest absolute Gasteiger partial charge is 0.349 e. The van der Waals surface area contributed by atoms with E-state index in [1.807, 2.05) is 45.3 Å². The first-order chi connectivity index (χ1) is 21.1. The number of fused-ring (bicyclic) bond motifs is 2. The Labute approximate surface area is 254 Å². The van der Waals surface area contributed by atoms with E-state index in [0.717, 1.165) is 38.7 Å². The molecule has 0 saturated carbocycles. The van der Waals surface area contributed by atoms with Crippen LogP contribution in [0.15, 0.2) is 73.2 Å². The van der Waals surface area contributed by atoms with Gasteiger partial charge in [-0.3, -0.25) is 19.4 Å². The maximum Gasteiger partial charge on any atom is 0.254 e. The SMILES string of the molecule is Cn1cc(C[C@H](C(=O)NC(C)(C)Cc2ccc(F)cc2)N2CCc3c(cccc3-c3cc4cn[nH]c4cc3C#N)C2=O)cn1. The number of halogens is 1. The molecule has 3 heterocycles. The van der Waals surface area contributed by atoms with Crippen LogP contribution in [0.5, 0.6) is 0 Å². The molecule has 0 aliphatic carbocycles. The standard InChI is InChI=1S/C34H32FN7O2/c1-34(2,16-21-7-9-25(35)10-8-21)39-32(43)31(13-22-18-38-41(3)20-22)42-12-11-27-26(5-4-6-28(27)33(42)44)29-14-24-19-37-40-30(24)15-23(29)17-36/h4-10,14-15,18-20,31H,11-13,16H2,1-3H3,(H,37,40)(H,39,43)/t31-/m1/s1. The first-order valence-corrected chi connectivity index (χ1v) is 14.5. The molecule has 0 spiro atoms. The third-order valence-corrected chi connectivity index (χ3v) is 8.15. The number of aromatic nitrogens is 4. The van der Waals surface area contributed by atoms with Crippen LogP contribution < -0.4 is 5.32 Å². The topological polar surface area (TPSA) is 120 Å². The lowest BCUT2D eigenvalue weighted by Crippen LogP contribution is -2.57. The maximum atomic E-state index is 14.2. The summed E-state index contributed by atoms with van der Waals surface area (Å²) < 4.78 is 15.1. The van der Waals surface area contributed by atoms with Crippen LogP contribution in [0, 0.1) is 17.1 Å². The quantitative estimate of drug-likeness (QED) is 0.271. The van der Waals surface area contributed by atoms with Gasteiger partial charge >= 0.3 is 0 Å². The second kappa shape index (κ2) is 11.4. The van der Waals surface area contributed by atoms with Crippen molar-refractivity contribution in [1.29, 1.82) is 5.26 Å². The Balaban J connectivity index is 1.32. The molecule has 2 amide bonds. The molecule has 10 heteroatoms. The molecule has 9 nitrogen and oxygen atoms in total. The van der Waals surface area contributed by atoms with Gasteiger partial charge in [0.2, 0.25) is 5.91 Å². The Hall–Kier alpha value is -5.30. The Morgan fingerprint density at radius 1 is 1.11 bits per heavy atom. The van der Waals surface area contributed by atoms with Gasteiger partial charge in [-0.05, 0) is 79.3 Å². The van der Waals surface area contributed by atoms with Crippen LogP contribution >= 0.6 is 0 Å². The Kier molecular flexibility index (Phi) is 7.47. The molecule has 44 heavy (non-hydrogen) atoms. The number of rotatable bonds is 8. The molecule has 1 aliphatic heterocycles. The average Bonchev–Trinajstić information content (AvgIpc) is 3.64. The monoisotopic (exact) mass is 589 g/mol. The minimum absolute atomic E-state index is 0.239. The number of nitrogens with one attached hydrogen (secondary N) is 2. The van der Waals surface area contributed by atoms with E-state index in [-0.39, 0.29) is 17.6 Å². The zero-order valence-electron chi connectivity index (χ0n) is 24.8. The summed E-state index contributed by atoms with van der Waals surface area (Å²) >= 11 is 0. The van der Waals surface area contributed by atoms with E-state index in [1.54, 1.807) is 46.2 Å². The number of aryl methyl sites for hydroxylation is 1. The van der Waals surface area contributed by atoms with E-state index in [4.69, 9.17) is 0 Å². The summed E-state index contributed by atoms with van der Waals surface area (Å²) in [7, 11) is 1.81. The summed E-state index contributed by atoms with van der Waals surface area (Å²) in [5.74, 6) is -0.826. The van der Waals surface area contributed by atoms with E-state index in [2.05, 4.69) is 26.7 Å². The number of carbonyl (C=O) groups is 2. The molecule has 5 aromatic rings. The molecule has 0 saturated heterocycles. The molecule has 0 fully saturated rings. The van der Waals surface area contributed by atoms with E-state index in [1.165, 1.54) is 12.1 Å². The number of carbonyl (C=O) groups excluding carboxylic acids is 2. The summed E-state index contributed by atoms with van der Waals surface area (Å²) in [6, 6.07) is 17.0. The van der Waals surface area contributed by atoms with Gasteiger partial charge < -0.3 is 10.2 Å². The second-order valence-electron chi connectivity index (χ2n) is 12.0. The van der Waals surface area contributed by atoms with E-state index in [0.29, 0.717) is 36.9 Å². The molecule has 3 aromatic carbocycles. The fourth-order valence-electron chi connectivity index (χ4n) is 6.12. The summed E-state index contributed by atoms with van der Waals surface area (Å²) in [6.45, 7) is 4.16. The van der Waals surface area contributed by atoms with E-state index in [9.17, 15) is 19.2 Å². The molecule has 1 aliphatic rings. The van der Waals surface area contributed by atoms with Gasteiger partial charge in [0.25, 0.3) is 5.91 Å². The van der Waals surface area contributed by atoms with Crippen LogP contribution in [0.3, 0.4) is 0 Å². The highest BCUT2D eigenvalue weighted by molar-refractivity contribution is 6.02. The average molecular weight is 590 g/mol. The minimum Gasteiger partial charge on any atom is -0.349 e. The molecule has 6 rings (SSSR count). The van der Waals surface area contributed by atoms with Crippen LogP contribution in [-0.4, -0.2) is 54.8 Å². The van der Waals surface area contributed by atoms with Gasteiger partial charge in [0.05, 0.1) is 29.5 Å². The molecule has 1 atom stereocenters. The Bertz CT molecular complexity index is 1920. The highest BCUT2D eigenvalue weighted by Crippen LogP contribution is 2.35. The predicted octanol–water partition coefficient (Wildman–Crippen LogP) is 4.72. The van der Waals surface area contributed by atoms with Gasteiger partial charge in [-0.1, -0.05) is 24.3 Å². The first-order valence-electron chi connectivity index (χ1n) is 14.5. The van der Waals surface area contributed by atoms with Gasteiger partial charge in [-0.15, -0.1) is 0 Å². The lowest BCUT2D eigenvalue weighted by molar-refractivity contribution is -0.127. The third kappa shape index (κ3) is 5.69. The number of aromatic amines is 1. The maximum absolute atomic E-state index is 14.2. The highest BCUT2D eigenvalue weighted by atomic mass is 19.1. The van der Waals surface area contributed by atoms with Crippen LogP contribution in [-0.2, 0) is 31.1 Å². The van der Waals surface area contributed by atoms with Gasteiger partial charge in [-0.2, -0.15) is 15.5 Å². The number of amides is 2. The van der Waals surface area contributed by atoms with Crippen molar-refractivity contribution in [2.24, 2.45) is 7.05 Å². The van der Waals surface area contributed by atoms with Gasteiger partial charge in [-0.25, -0.2) is 4.39 Å². The Morgan fingerprint density at radius 3 is 2.61 bits per heavy atom. The van der Waals surface area contributed by atoms with Crippen LogP contribution in [0.4, 0.5) is 4.39 Å². The third-order valence-electron chi connectivity index (χ3n) is 8.15. The number of H-pyrrole nitrogens is 1. The lowest BCUT2D eigenvalue weighted by Gasteiger charge is -2.37. The Morgan fingerprint density at radius 2 is 1.89 bits per heavy atom. The summed E-state index contributed by atoms with van der Waals surface area (Å²) in [4.78, 5) is 29.8. The lowest BCUT2D eigenvalue weighted by atomic mass is 9.87. The van der Waals surface area contributed by atoms with Crippen molar-refractivity contribution in [3.63, 3.8) is 0 Å². The fourth-order valence-corrected chi connectivity index (χ4v) is 6.12. The normalized spacial score (nSPS) is 13.9. The molecule has 0 radical (unpaired) electrons. The van der Waals surface area contributed by atoms with Gasteiger partial charge in [0.1, 0.15) is 11.9 Å². The number of nitrogens with zero attached hydrogens (tertiary/aromatic N) is 5. The van der Waals surface area contributed by atoms with Gasteiger partial charge in [0, 0.05) is 48.3 Å². The predicted molar refractivity (Wildman–Crippen MR) is 164 cm³/mol. The van der Waals surface area contributed by atoms with Crippen molar-refractivity contribution >= 4 is 22.7 Å². The van der Waals surface area contributed by atoms with Crippen LogP contribution in [0.2, 0.25) is 0 Å². The smallest absolute Gasteiger partial charge is 0.254 e. The van der Waals surface area contributed by atoms with E-state index >= 15 is 0 Å². The van der Waals surface area contributed by atoms with Crippen LogP contribution in [0.1, 0.15) is 46.5 Å². The zero-order valence-corrected chi connectivity index (χ0v) is 24.8. The molecule has 222 valence electrons. The van der Waals surface area contributed by atoms with Crippen molar-refractivity contribution in [2.75, 3.05) is 6.54 Å². The van der Waals surface area contributed by atoms with E-state index < -0.39 is 11.6 Å². The molecular weight excluding hydrogens is 557 g/mol. The fraction of sp³-hybridized carbons (Fsp3) is 0.265. The summed E-state index contributed by atoms with van der Waals surface area (Å²) in [5, 5.41) is 25.2. The molecular formula is C34H32FN7O2. The first kappa shape index (κ1) is 28.8. The molecule has 0 bridgehead atoms. The van der Waals surface area contributed by atoms with Crippen molar-refractivity contribution in [1.82, 2.24) is 30.2 Å². The number of benzene rings is 3. The van der Waals surface area contributed by atoms with Gasteiger partial charge in [0.15, 0.2) is 0 Å². The zero-order chi connectivity index (χ0) is 31.0. The molecule has 2 N–H and O–H groups in total. The number of nitriles is 1. The van der Waals surface area contributed by atoms with Crippen molar-refractivity contribution in [3.05, 3.63) is 107 Å². The minimum atomic E-state index is -0.784. The van der Waals surface area contributed by atoms with Crippen LogP contribution in [0.25, 0.3) is 22.0 Å². The van der Waals surface area contributed by atoms with Crippen molar-refractivity contribution in [2.45, 2.75) is 44.7 Å². The number of hydrogen-bond donors (Lipinski definition) is 2. The summed E-state index contributed by atoms with van der Waals surface area (Å²) in [5.41, 5.74) is 5.25. The van der Waals surface area contributed by atoms with Crippen molar-refractivity contribution in [3.8, 4) is 17.2 Å². The number of hydrogen-bond acceptors (Lipinski definition) is 5. The van der Waals surface area contributed by atoms with Crippen molar-refractivity contribution < 1.29 is 14.0 Å². The summed E-state index contributed by atoms with van der Waals surface area (Å²) in [6.07, 6.45) is 6.56. The highest BCUT2D eigenvalue weighted by Gasteiger charge is 2.37. The molecule has 2 aromatic heterocycles. The molecule has 0 unspecified atom stereocenters. The second-order valence-corrected chi connectivity index (χ2v) is 12.0.